The van der Waals surface area contributed by atoms with Crippen LogP contribution in [0.1, 0.15) is 36.0 Å². The zero-order chi connectivity index (χ0) is 18.4. The van der Waals surface area contributed by atoms with Crippen molar-refractivity contribution in [2.45, 2.75) is 31.7 Å². The van der Waals surface area contributed by atoms with Crippen LogP contribution < -0.4 is 11.1 Å². The Kier molecular flexibility index (Phi) is 6.23. The van der Waals surface area contributed by atoms with Crippen molar-refractivity contribution in [3.8, 4) is 0 Å². The molecule has 5 heteroatoms. The number of anilines is 2. The molecule has 1 fully saturated rings. The normalized spacial score (nSPS) is 15.7. The fraction of sp³-hybridized carbons (Fsp3) is 0.381. The molecule has 0 atom stereocenters. The van der Waals surface area contributed by atoms with Crippen molar-refractivity contribution in [3.63, 3.8) is 0 Å². The van der Waals surface area contributed by atoms with Crippen molar-refractivity contribution >= 4 is 17.2 Å². The van der Waals surface area contributed by atoms with E-state index in [2.05, 4.69) is 10.2 Å². The van der Waals surface area contributed by atoms with Gasteiger partial charge in [0.1, 0.15) is 5.82 Å². The monoisotopic (exact) mass is 355 g/mol. The van der Waals surface area contributed by atoms with Crippen LogP contribution in [0, 0.1) is 5.82 Å². The van der Waals surface area contributed by atoms with Crippen molar-refractivity contribution < 1.29 is 9.18 Å². The Morgan fingerprint density at radius 1 is 1.12 bits per heavy atom. The fourth-order valence-electron chi connectivity index (χ4n) is 3.39. The largest absolute Gasteiger partial charge is 0.397 e. The van der Waals surface area contributed by atoms with Gasteiger partial charge in [0.25, 0.3) is 0 Å². The number of likely N-dealkylation sites (tertiary alicyclic amines) is 1. The van der Waals surface area contributed by atoms with E-state index in [1.165, 1.54) is 12.1 Å². The summed E-state index contributed by atoms with van der Waals surface area (Å²) in [5, 5.41) is 3.53. The molecule has 0 bridgehead atoms. The molecule has 0 unspecified atom stereocenters. The minimum atomic E-state index is -0.310. The van der Waals surface area contributed by atoms with Crippen LogP contribution in [-0.2, 0) is 0 Å². The number of nitrogens with one attached hydrogen (secondary N) is 1. The molecule has 0 aliphatic carbocycles. The highest BCUT2D eigenvalue weighted by molar-refractivity contribution is 5.95. The molecule has 26 heavy (non-hydrogen) atoms. The summed E-state index contributed by atoms with van der Waals surface area (Å²) in [4.78, 5) is 14.5. The van der Waals surface area contributed by atoms with Gasteiger partial charge in [-0.25, -0.2) is 4.39 Å². The van der Waals surface area contributed by atoms with Crippen LogP contribution in [0.25, 0.3) is 0 Å². The van der Waals surface area contributed by atoms with Gasteiger partial charge >= 0.3 is 0 Å². The number of carbonyl (C=O) groups excluding carboxylic acids is 1. The fourth-order valence-corrected chi connectivity index (χ4v) is 3.39. The average molecular weight is 355 g/mol. The molecular formula is C21H26FN3O. The van der Waals surface area contributed by atoms with Gasteiger partial charge in [-0.05, 0) is 62.2 Å². The quantitative estimate of drug-likeness (QED) is 0.583. The first-order chi connectivity index (χ1) is 12.6. The topological polar surface area (TPSA) is 58.4 Å². The van der Waals surface area contributed by atoms with E-state index < -0.39 is 0 Å². The maximum Gasteiger partial charge on any atom is 0.162 e. The Labute approximate surface area is 154 Å². The zero-order valence-corrected chi connectivity index (χ0v) is 15.0. The van der Waals surface area contributed by atoms with Gasteiger partial charge in [0.15, 0.2) is 5.78 Å². The van der Waals surface area contributed by atoms with Crippen LogP contribution in [0.5, 0.6) is 0 Å². The summed E-state index contributed by atoms with van der Waals surface area (Å²) in [6.45, 7) is 2.97. The third-order valence-electron chi connectivity index (χ3n) is 4.95. The molecule has 0 amide bonds. The molecule has 2 aromatic carbocycles. The molecule has 3 N–H and O–H groups in total. The van der Waals surface area contributed by atoms with Gasteiger partial charge in [0.2, 0.25) is 0 Å². The number of para-hydroxylation sites is 2. The number of carbonyl (C=O) groups is 1. The number of hydrogen-bond donors (Lipinski definition) is 2. The average Bonchev–Trinajstić information content (AvgIpc) is 2.65. The van der Waals surface area contributed by atoms with E-state index in [4.69, 9.17) is 5.73 Å². The van der Waals surface area contributed by atoms with E-state index in [1.807, 2.05) is 24.3 Å². The third-order valence-corrected chi connectivity index (χ3v) is 4.95. The van der Waals surface area contributed by atoms with Crippen molar-refractivity contribution in [2.24, 2.45) is 0 Å². The van der Waals surface area contributed by atoms with Gasteiger partial charge in [-0.3, -0.25) is 4.79 Å². The number of ketones is 1. The molecule has 1 aliphatic rings. The van der Waals surface area contributed by atoms with Gasteiger partial charge in [-0.2, -0.15) is 0 Å². The summed E-state index contributed by atoms with van der Waals surface area (Å²) in [5.41, 5.74) is 8.38. The van der Waals surface area contributed by atoms with E-state index in [0.717, 1.165) is 50.3 Å². The second-order valence-electron chi connectivity index (χ2n) is 6.88. The Morgan fingerprint density at radius 3 is 2.50 bits per heavy atom. The zero-order valence-electron chi connectivity index (χ0n) is 15.0. The number of rotatable bonds is 7. The Balaban J connectivity index is 1.37. The summed E-state index contributed by atoms with van der Waals surface area (Å²) < 4.78 is 12.9. The predicted octanol–water partition coefficient (Wildman–Crippen LogP) is 3.95. The summed E-state index contributed by atoms with van der Waals surface area (Å²) >= 11 is 0. The lowest BCUT2D eigenvalue weighted by Crippen LogP contribution is -2.39. The Hall–Kier alpha value is -2.40. The van der Waals surface area contributed by atoms with Gasteiger partial charge < -0.3 is 16.0 Å². The predicted molar refractivity (Wildman–Crippen MR) is 104 cm³/mol. The highest BCUT2D eigenvalue weighted by atomic mass is 19.1. The molecule has 0 saturated carbocycles. The Bertz CT molecular complexity index is 724. The number of nitrogen functional groups attached to an aromatic ring is 1. The van der Waals surface area contributed by atoms with Crippen LogP contribution in [-0.4, -0.2) is 36.4 Å². The number of nitrogens with zero attached hydrogens (tertiary/aromatic N) is 1. The van der Waals surface area contributed by atoms with E-state index in [-0.39, 0.29) is 11.6 Å². The van der Waals surface area contributed by atoms with Crippen LogP contribution in [0.2, 0.25) is 0 Å². The molecule has 0 aromatic heterocycles. The van der Waals surface area contributed by atoms with Crippen molar-refractivity contribution in [1.82, 2.24) is 4.90 Å². The van der Waals surface area contributed by atoms with E-state index >= 15 is 0 Å². The number of halogens is 1. The van der Waals surface area contributed by atoms with Crippen LogP contribution in [0.3, 0.4) is 0 Å². The second kappa shape index (κ2) is 8.81. The van der Waals surface area contributed by atoms with Gasteiger partial charge in [-0.1, -0.05) is 12.1 Å². The third kappa shape index (κ3) is 5.05. The maximum absolute atomic E-state index is 12.9. The van der Waals surface area contributed by atoms with Gasteiger partial charge in [0.05, 0.1) is 11.4 Å². The smallest absolute Gasteiger partial charge is 0.162 e. The second-order valence-corrected chi connectivity index (χ2v) is 6.88. The Morgan fingerprint density at radius 2 is 1.81 bits per heavy atom. The molecule has 138 valence electrons. The molecule has 3 rings (SSSR count). The van der Waals surface area contributed by atoms with E-state index in [0.29, 0.717) is 18.0 Å². The van der Waals surface area contributed by atoms with Crippen molar-refractivity contribution in [3.05, 3.63) is 59.9 Å². The first kappa shape index (κ1) is 18.4. The van der Waals surface area contributed by atoms with Crippen molar-refractivity contribution in [2.75, 3.05) is 30.7 Å². The SMILES string of the molecule is Nc1ccccc1NC1CCN(CCCC(=O)c2ccc(F)cc2)CC1. The first-order valence-electron chi connectivity index (χ1n) is 9.24. The van der Waals surface area contributed by atoms with Gasteiger partial charge in [-0.15, -0.1) is 0 Å². The number of piperidine rings is 1. The number of nitrogens with two attached hydrogens (primary N) is 1. The minimum absolute atomic E-state index is 0.0844. The van der Waals surface area contributed by atoms with E-state index in [1.54, 1.807) is 12.1 Å². The summed E-state index contributed by atoms with van der Waals surface area (Å²) in [6.07, 6.45) is 3.48. The molecule has 4 nitrogen and oxygen atoms in total. The lowest BCUT2D eigenvalue weighted by molar-refractivity contribution is 0.0972. The van der Waals surface area contributed by atoms with E-state index in [9.17, 15) is 9.18 Å². The standard InChI is InChI=1S/C21H26FN3O/c22-17-9-7-16(8-10-17)21(26)6-3-13-25-14-11-18(12-15-25)24-20-5-2-1-4-19(20)23/h1-2,4-5,7-10,18,24H,3,6,11-15,23H2. The number of Topliss-reactive ketones (excluding diaryl/α,β-unsaturated/α-hetero) is 1. The first-order valence-corrected chi connectivity index (χ1v) is 9.24. The molecule has 1 aliphatic heterocycles. The van der Waals surface area contributed by atoms with Crippen LogP contribution >= 0.6 is 0 Å². The summed E-state index contributed by atoms with van der Waals surface area (Å²) in [7, 11) is 0. The number of hydrogen-bond acceptors (Lipinski definition) is 4. The molecule has 0 spiro atoms. The lowest BCUT2D eigenvalue weighted by Gasteiger charge is -2.33. The van der Waals surface area contributed by atoms with Crippen LogP contribution in [0.4, 0.5) is 15.8 Å². The van der Waals surface area contributed by atoms with Crippen LogP contribution in [0.15, 0.2) is 48.5 Å². The molecule has 1 heterocycles. The minimum Gasteiger partial charge on any atom is -0.397 e. The van der Waals surface area contributed by atoms with Crippen molar-refractivity contribution in [1.29, 1.82) is 0 Å². The number of benzene rings is 2. The highest BCUT2D eigenvalue weighted by Gasteiger charge is 2.19. The lowest BCUT2D eigenvalue weighted by atomic mass is 10.0. The van der Waals surface area contributed by atoms with Gasteiger partial charge in [0, 0.05) is 31.1 Å². The summed E-state index contributed by atoms with van der Waals surface area (Å²) in [6, 6.07) is 14.1. The highest BCUT2D eigenvalue weighted by Crippen LogP contribution is 2.22. The molecule has 1 saturated heterocycles. The molecule has 2 aromatic rings. The summed E-state index contributed by atoms with van der Waals surface area (Å²) in [5.74, 6) is -0.226. The molecular weight excluding hydrogens is 329 g/mol. The maximum atomic E-state index is 12.9. The molecule has 0 radical (unpaired) electrons.